The molecule has 0 saturated carbocycles. The number of rotatable bonds is 9. The summed E-state index contributed by atoms with van der Waals surface area (Å²) < 4.78 is 5.21. The third-order valence-corrected chi connectivity index (χ3v) is 2.68. The molecule has 0 radical (unpaired) electrons. The third-order valence-electron chi connectivity index (χ3n) is 2.42. The number of allylic oxidation sites excluding steroid dienone is 4. The van der Waals surface area contributed by atoms with Crippen molar-refractivity contribution in [1.82, 2.24) is 5.32 Å². The van der Waals surface area contributed by atoms with E-state index >= 15 is 0 Å². The Kier molecular flexibility index (Phi) is 10.5. The molecule has 0 spiro atoms. The van der Waals surface area contributed by atoms with Crippen LogP contribution in [-0.2, 0) is 14.3 Å². The van der Waals surface area contributed by atoms with E-state index in [9.17, 15) is 9.59 Å². The van der Waals surface area contributed by atoms with Gasteiger partial charge in [-0.15, -0.1) is 0 Å². The van der Waals surface area contributed by atoms with Gasteiger partial charge in [0.25, 0.3) is 0 Å². The molecule has 0 aromatic heterocycles. The van der Waals surface area contributed by atoms with Gasteiger partial charge in [-0.25, -0.2) is 0 Å². The fourth-order valence-corrected chi connectivity index (χ4v) is 1.50. The lowest BCUT2D eigenvalue weighted by atomic mass is 10.1. The molecule has 0 atom stereocenters. The zero-order chi connectivity index (χ0) is 15.4. The van der Waals surface area contributed by atoms with E-state index in [0.29, 0.717) is 12.1 Å². The number of hydrogen-bond acceptors (Lipinski definition) is 4. The molecule has 0 aliphatic rings. The predicted molar refractivity (Wildman–Crippen MR) is 84.7 cm³/mol. The number of ketones is 1. The van der Waals surface area contributed by atoms with Gasteiger partial charge in [0.2, 0.25) is 5.91 Å². The van der Waals surface area contributed by atoms with Crippen LogP contribution in [0.25, 0.3) is 0 Å². The molecule has 0 heterocycles. The van der Waals surface area contributed by atoms with Crippen molar-refractivity contribution in [2.75, 3.05) is 13.2 Å². The Bertz CT molecular complexity index is 400. The van der Waals surface area contributed by atoms with Crippen LogP contribution in [0.15, 0.2) is 23.8 Å². The van der Waals surface area contributed by atoms with Gasteiger partial charge in [0, 0.05) is 6.92 Å². The van der Waals surface area contributed by atoms with Gasteiger partial charge in [-0.05, 0) is 31.1 Å². The van der Waals surface area contributed by atoms with E-state index in [1.54, 1.807) is 13.0 Å². The number of carbonyl (C=O) groups excluding carboxylic acids is 2. The van der Waals surface area contributed by atoms with E-state index in [1.165, 1.54) is 6.92 Å². The average Bonchev–Trinajstić information content (AvgIpc) is 2.39. The highest BCUT2D eigenvalue weighted by Gasteiger charge is 2.08. The second kappa shape index (κ2) is 11.3. The highest BCUT2D eigenvalue weighted by molar-refractivity contribution is 7.80. The lowest BCUT2D eigenvalue weighted by molar-refractivity contribution is -0.119. The van der Waals surface area contributed by atoms with Crippen LogP contribution in [0.5, 0.6) is 0 Å². The zero-order valence-corrected chi connectivity index (χ0v) is 13.2. The van der Waals surface area contributed by atoms with E-state index in [-0.39, 0.29) is 29.8 Å². The first-order valence-electron chi connectivity index (χ1n) is 6.74. The summed E-state index contributed by atoms with van der Waals surface area (Å²) in [4.78, 5) is 22.5. The molecule has 0 aliphatic carbocycles. The van der Waals surface area contributed by atoms with E-state index < -0.39 is 0 Å². The monoisotopic (exact) mass is 297 g/mol. The third kappa shape index (κ3) is 10.4. The maximum Gasteiger partial charge on any atom is 0.216 e. The standard InChI is InChI=1S/C15H23NO3S/c1-4-5-6-7-8-12(2)14(18)11-15(20)19-10-9-16-13(3)17/h6-8H,4-5,9-11H2,1-3H3,(H,16,17)/b7-6+,12-8+. The minimum Gasteiger partial charge on any atom is -0.485 e. The Morgan fingerprint density at radius 3 is 2.60 bits per heavy atom. The lowest BCUT2D eigenvalue weighted by Gasteiger charge is -2.07. The van der Waals surface area contributed by atoms with Gasteiger partial charge < -0.3 is 10.1 Å². The molecule has 0 unspecified atom stereocenters. The number of unbranched alkanes of at least 4 members (excludes halogenated alkanes) is 1. The Morgan fingerprint density at radius 1 is 1.30 bits per heavy atom. The summed E-state index contributed by atoms with van der Waals surface area (Å²) in [6, 6.07) is 0. The smallest absolute Gasteiger partial charge is 0.216 e. The summed E-state index contributed by atoms with van der Waals surface area (Å²) in [5, 5.41) is 2.84. The molecule has 1 amide bonds. The Hall–Kier alpha value is -1.49. The summed E-state index contributed by atoms with van der Waals surface area (Å²) in [5.74, 6) is -0.163. The number of Topliss-reactive ketones (excluding diaryl/α,β-unsaturated/α-hetero) is 1. The maximum atomic E-state index is 11.8. The Morgan fingerprint density at radius 2 is 2.00 bits per heavy atom. The van der Waals surface area contributed by atoms with E-state index in [4.69, 9.17) is 17.0 Å². The molecular formula is C15H23NO3S. The van der Waals surface area contributed by atoms with Gasteiger partial charge in [-0.1, -0.05) is 31.6 Å². The van der Waals surface area contributed by atoms with Gasteiger partial charge in [-0.2, -0.15) is 0 Å². The van der Waals surface area contributed by atoms with Crippen LogP contribution >= 0.6 is 12.2 Å². The minimum atomic E-state index is -0.117. The molecule has 4 nitrogen and oxygen atoms in total. The normalized spacial score (nSPS) is 11.4. The highest BCUT2D eigenvalue weighted by Crippen LogP contribution is 2.03. The highest BCUT2D eigenvalue weighted by atomic mass is 32.1. The molecule has 0 rings (SSSR count). The zero-order valence-electron chi connectivity index (χ0n) is 12.4. The second-order valence-corrected chi connectivity index (χ2v) is 4.83. The van der Waals surface area contributed by atoms with Crippen molar-refractivity contribution >= 4 is 29.0 Å². The van der Waals surface area contributed by atoms with Gasteiger partial charge in [0.15, 0.2) is 10.8 Å². The first-order chi connectivity index (χ1) is 9.47. The van der Waals surface area contributed by atoms with Crippen LogP contribution in [0.3, 0.4) is 0 Å². The molecule has 0 bridgehead atoms. The lowest BCUT2D eigenvalue weighted by Crippen LogP contribution is -2.25. The molecule has 1 N–H and O–H groups in total. The number of hydrogen-bond donors (Lipinski definition) is 1. The van der Waals surface area contributed by atoms with Crippen molar-refractivity contribution < 1.29 is 14.3 Å². The van der Waals surface area contributed by atoms with Crippen LogP contribution in [-0.4, -0.2) is 29.9 Å². The van der Waals surface area contributed by atoms with Gasteiger partial charge in [-0.3, -0.25) is 9.59 Å². The van der Waals surface area contributed by atoms with Gasteiger partial charge in [0.1, 0.15) is 6.61 Å². The van der Waals surface area contributed by atoms with Crippen LogP contribution in [0.2, 0.25) is 0 Å². The van der Waals surface area contributed by atoms with Crippen molar-refractivity contribution in [3.05, 3.63) is 23.8 Å². The number of nitrogens with one attached hydrogen (secondary N) is 1. The molecule has 5 heteroatoms. The summed E-state index contributed by atoms with van der Waals surface area (Å²) in [7, 11) is 0. The maximum absolute atomic E-state index is 11.8. The first-order valence-corrected chi connectivity index (χ1v) is 7.14. The molecule has 20 heavy (non-hydrogen) atoms. The van der Waals surface area contributed by atoms with Crippen LogP contribution in [0.4, 0.5) is 0 Å². The minimum absolute atomic E-state index is 0.0457. The van der Waals surface area contributed by atoms with E-state index in [2.05, 4.69) is 12.2 Å². The van der Waals surface area contributed by atoms with Crippen molar-refractivity contribution in [3.8, 4) is 0 Å². The van der Waals surface area contributed by atoms with Crippen molar-refractivity contribution in [1.29, 1.82) is 0 Å². The fraction of sp³-hybridized carbons (Fsp3) is 0.533. The Labute approximate surface area is 126 Å². The molecule has 112 valence electrons. The molecule has 0 fully saturated rings. The van der Waals surface area contributed by atoms with Crippen LogP contribution < -0.4 is 5.32 Å². The van der Waals surface area contributed by atoms with E-state index in [1.807, 2.05) is 12.2 Å². The average molecular weight is 297 g/mol. The second-order valence-electron chi connectivity index (χ2n) is 4.37. The quantitative estimate of drug-likeness (QED) is 0.308. The number of amides is 1. The van der Waals surface area contributed by atoms with Crippen molar-refractivity contribution in [2.45, 2.75) is 40.0 Å². The van der Waals surface area contributed by atoms with Crippen LogP contribution in [0.1, 0.15) is 40.0 Å². The summed E-state index contributed by atoms with van der Waals surface area (Å²) in [5.41, 5.74) is 0.658. The SMILES string of the molecule is CCC/C=C/C=C(\C)C(=O)CC(=S)OCCNC(C)=O. The van der Waals surface area contributed by atoms with Gasteiger partial charge in [0.05, 0.1) is 13.0 Å². The van der Waals surface area contributed by atoms with Crippen molar-refractivity contribution in [2.24, 2.45) is 0 Å². The molecule has 0 aliphatic heterocycles. The Balaban J connectivity index is 3.99. The number of thiocarbonyl (C=S) groups is 1. The first kappa shape index (κ1) is 18.5. The fourth-order valence-electron chi connectivity index (χ4n) is 1.28. The molecular weight excluding hydrogens is 274 g/mol. The molecule has 0 aromatic rings. The van der Waals surface area contributed by atoms with E-state index in [0.717, 1.165) is 12.8 Å². The van der Waals surface area contributed by atoms with Gasteiger partial charge >= 0.3 is 0 Å². The van der Waals surface area contributed by atoms with Crippen LogP contribution in [0, 0.1) is 0 Å². The summed E-state index contributed by atoms with van der Waals surface area (Å²) in [6.07, 6.45) is 7.89. The summed E-state index contributed by atoms with van der Waals surface area (Å²) >= 11 is 4.98. The topological polar surface area (TPSA) is 55.4 Å². The van der Waals surface area contributed by atoms with Crippen molar-refractivity contribution in [3.63, 3.8) is 0 Å². The number of carbonyl (C=O) groups is 2. The predicted octanol–water partition coefficient (Wildman–Crippen LogP) is 2.73. The molecule has 0 aromatic carbocycles. The molecule has 0 saturated heterocycles. The summed E-state index contributed by atoms with van der Waals surface area (Å²) in [6.45, 7) is 5.96. The number of ether oxygens (including phenoxy) is 1. The largest absolute Gasteiger partial charge is 0.485 e.